The minimum atomic E-state index is -0.265. The molecule has 7 nitrogen and oxygen atoms in total. The van der Waals surface area contributed by atoms with Gasteiger partial charge in [0.05, 0.1) is 19.0 Å². The minimum Gasteiger partial charge on any atom is -0.394 e. The molecular weight excluding hydrogens is 323 g/mol. The molecule has 0 fully saturated rings. The van der Waals surface area contributed by atoms with Crippen molar-refractivity contribution in [2.45, 2.75) is 25.9 Å². The van der Waals surface area contributed by atoms with Crippen molar-refractivity contribution in [2.75, 3.05) is 17.2 Å². The summed E-state index contributed by atoms with van der Waals surface area (Å²) in [5.41, 5.74) is 2.28. The Kier molecular flexibility index (Phi) is 5.08. The Bertz CT molecular complexity index is 844. The number of aryl methyl sites for hydroxylation is 1. The van der Waals surface area contributed by atoms with Crippen LogP contribution in [-0.2, 0) is 13.6 Å². The molecule has 8 heteroatoms. The third-order valence-corrected chi connectivity index (χ3v) is 3.98. The van der Waals surface area contributed by atoms with E-state index in [0.717, 1.165) is 12.0 Å². The van der Waals surface area contributed by atoms with Gasteiger partial charge in [-0.15, -0.1) is 0 Å². The number of nitrogens with one attached hydrogen (secondary N) is 2. The van der Waals surface area contributed by atoms with Gasteiger partial charge in [-0.05, 0) is 24.1 Å². The first kappa shape index (κ1) is 17.1. The topological polar surface area (TPSA) is 87.9 Å². The second kappa shape index (κ2) is 7.43. The summed E-state index contributed by atoms with van der Waals surface area (Å²) in [6.45, 7) is 2.46. The van der Waals surface area contributed by atoms with Gasteiger partial charge in [0.1, 0.15) is 5.82 Å². The van der Waals surface area contributed by atoms with Gasteiger partial charge in [-0.2, -0.15) is 9.97 Å². The molecule has 0 radical (unpaired) electrons. The monoisotopic (exact) mass is 344 g/mol. The van der Waals surface area contributed by atoms with E-state index in [1.54, 1.807) is 18.5 Å². The van der Waals surface area contributed by atoms with Crippen LogP contribution in [0.2, 0.25) is 0 Å². The number of rotatable bonds is 7. The quantitative estimate of drug-likeness (QED) is 0.609. The predicted octanol–water partition coefficient (Wildman–Crippen LogP) is 2.30. The number of aromatic nitrogens is 4. The molecule has 0 aliphatic carbocycles. The first-order valence-electron chi connectivity index (χ1n) is 8.15. The van der Waals surface area contributed by atoms with Crippen LogP contribution < -0.4 is 10.6 Å². The summed E-state index contributed by atoms with van der Waals surface area (Å²) in [5, 5.41) is 15.7. The van der Waals surface area contributed by atoms with Crippen molar-refractivity contribution in [2.24, 2.45) is 7.05 Å². The maximum absolute atomic E-state index is 13.0. The lowest BCUT2D eigenvalue weighted by Gasteiger charge is -2.15. The largest absolute Gasteiger partial charge is 0.394 e. The third-order valence-electron chi connectivity index (χ3n) is 3.98. The average molecular weight is 344 g/mol. The molecule has 0 saturated carbocycles. The SMILES string of the molecule is CC[C@H](CO)Nc1nc(NCc2ccc(F)cc2)c2ncn(C)c2n1. The van der Waals surface area contributed by atoms with Gasteiger partial charge in [0.15, 0.2) is 17.0 Å². The van der Waals surface area contributed by atoms with Crippen molar-refractivity contribution in [3.63, 3.8) is 0 Å². The molecule has 2 heterocycles. The van der Waals surface area contributed by atoms with Gasteiger partial charge in [0, 0.05) is 13.6 Å². The molecule has 0 amide bonds. The highest BCUT2D eigenvalue weighted by molar-refractivity contribution is 5.84. The van der Waals surface area contributed by atoms with Crippen LogP contribution in [0.3, 0.4) is 0 Å². The number of imidazole rings is 1. The smallest absolute Gasteiger partial charge is 0.227 e. The molecule has 0 aliphatic rings. The van der Waals surface area contributed by atoms with Gasteiger partial charge < -0.3 is 20.3 Å². The summed E-state index contributed by atoms with van der Waals surface area (Å²) >= 11 is 0. The summed E-state index contributed by atoms with van der Waals surface area (Å²) in [6, 6.07) is 6.17. The molecule has 0 saturated heterocycles. The number of aliphatic hydroxyl groups is 1. The van der Waals surface area contributed by atoms with Gasteiger partial charge in [-0.3, -0.25) is 0 Å². The van der Waals surface area contributed by atoms with Crippen LogP contribution in [0.5, 0.6) is 0 Å². The van der Waals surface area contributed by atoms with Crippen molar-refractivity contribution < 1.29 is 9.50 Å². The summed E-state index contributed by atoms with van der Waals surface area (Å²) in [6.07, 6.45) is 2.43. The Morgan fingerprint density at radius 2 is 2.00 bits per heavy atom. The second-order valence-electron chi connectivity index (χ2n) is 5.84. The fraction of sp³-hybridized carbons (Fsp3) is 0.353. The molecule has 1 aromatic carbocycles. The Morgan fingerprint density at radius 1 is 1.24 bits per heavy atom. The van der Waals surface area contributed by atoms with Gasteiger partial charge in [0.2, 0.25) is 5.95 Å². The number of nitrogens with zero attached hydrogens (tertiary/aromatic N) is 4. The molecule has 0 unspecified atom stereocenters. The molecule has 3 aromatic rings. The molecule has 3 N–H and O–H groups in total. The minimum absolute atomic E-state index is 0.00161. The van der Waals surface area contributed by atoms with E-state index in [1.807, 2.05) is 18.5 Å². The number of anilines is 2. The first-order chi connectivity index (χ1) is 12.1. The number of fused-ring (bicyclic) bond motifs is 1. The number of halogens is 1. The van der Waals surface area contributed by atoms with Crippen LogP contribution in [0.4, 0.5) is 16.2 Å². The highest BCUT2D eigenvalue weighted by Gasteiger charge is 2.14. The molecule has 0 bridgehead atoms. The fourth-order valence-corrected chi connectivity index (χ4v) is 2.44. The molecule has 0 spiro atoms. The van der Waals surface area contributed by atoms with Crippen LogP contribution in [0, 0.1) is 5.82 Å². The lowest BCUT2D eigenvalue weighted by Crippen LogP contribution is -2.24. The maximum Gasteiger partial charge on any atom is 0.227 e. The van der Waals surface area contributed by atoms with Crippen molar-refractivity contribution >= 4 is 22.9 Å². The van der Waals surface area contributed by atoms with Gasteiger partial charge >= 0.3 is 0 Å². The summed E-state index contributed by atoms with van der Waals surface area (Å²) in [7, 11) is 1.86. The van der Waals surface area contributed by atoms with Gasteiger partial charge in [0.25, 0.3) is 0 Å². The standard InChI is InChI=1S/C17H21FN6O/c1-3-13(9-25)21-17-22-15(14-16(23-17)24(2)10-20-14)19-8-11-4-6-12(18)7-5-11/h4-7,10,13,25H,3,8-9H2,1-2H3,(H2,19,21,22,23)/t13-/m1/s1. The van der Waals surface area contributed by atoms with E-state index in [0.29, 0.717) is 29.5 Å². The Hall–Kier alpha value is -2.74. The first-order valence-corrected chi connectivity index (χ1v) is 8.15. The predicted molar refractivity (Wildman–Crippen MR) is 94.8 cm³/mol. The molecule has 2 aromatic heterocycles. The molecule has 0 aliphatic heterocycles. The Balaban J connectivity index is 1.88. The lowest BCUT2D eigenvalue weighted by atomic mass is 10.2. The Labute approximate surface area is 144 Å². The fourth-order valence-electron chi connectivity index (χ4n) is 2.44. The molecular formula is C17H21FN6O. The average Bonchev–Trinajstić information content (AvgIpc) is 3.00. The van der Waals surface area contributed by atoms with Crippen LogP contribution in [-0.4, -0.2) is 37.3 Å². The number of hydrogen-bond acceptors (Lipinski definition) is 6. The lowest BCUT2D eigenvalue weighted by molar-refractivity contribution is 0.271. The summed E-state index contributed by atoms with van der Waals surface area (Å²) in [4.78, 5) is 13.3. The van der Waals surface area contributed by atoms with E-state index < -0.39 is 0 Å². The van der Waals surface area contributed by atoms with Gasteiger partial charge in [-0.1, -0.05) is 19.1 Å². The molecule has 1 atom stereocenters. The van der Waals surface area contributed by atoms with Crippen molar-refractivity contribution in [1.82, 2.24) is 19.5 Å². The highest BCUT2D eigenvalue weighted by Crippen LogP contribution is 2.21. The number of aliphatic hydroxyl groups excluding tert-OH is 1. The van der Waals surface area contributed by atoms with Crippen molar-refractivity contribution in [1.29, 1.82) is 0 Å². The zero-order chi connectivity index (χ0) is 17.8. The van der Waals surface area contributed by atoms with E-state index in [-0.39, 0.29) is 18.5 Å². The van der Waals surface area contributed by atoms with E-state index in [2.05, 4.69) is 25.6 Å². The normalized spacial score (nSPS) is 12.3. The van der Waals surface area contributed by atoms with Crippen LogP contribution >= 0.6 is 0 Å². The third kappa shape index (κ3) is 3.85. The van der Waals surface area contributed by atoms with Gasteiger partial charge in [-0.25, -0.2) is 9.37 Å². The maximum atomic E-state index is 13.0. The summed E-state index contributed by atoms with van der Waals surface area (Å²) in [5.74, 6) is 0.753. The van der Waals surface area contributed by atoms with Crippen LogP contribution in [0.25, 0.3) is 11.2 Å². The van der Waals surface area contributed by atoms with Crippen molar-refractivity contribution in [3.05, 3.63) is 42.0 Å². The second-order valence-corrected chi connectivity index (χ2v) is 5.84. The molecule has 132 valence electrons. The number of hydrogen-bond donors (Lipinski definition) is 3. The molecule has 25 heavy (non-hydrogen) atoms. The van der Waals surface area contributed by atoms with Crippen LogP contribution in [0.1, 0.15) is 18.9 Å². The zero-order valence-corrected chi connectivity index (χ0v) is 14.2. The van der Waals surface area contributed by atoms with E-state index in [4.69, 9.17) is 0 Å². The molecule has 3 rings (SSSR count). The van der Waals surface area contributed by atoms with E-state index in [9.17, 15) is 9.50 Å². The highest BCUT2D eigenvalue weighted by atomic mass is 19.1. The zero-order valence-electron chi connectivity index (χ0n) is 14.2. The van der Waals surface area contributed by atoms with E-state index >= 15 is 0 Å². The van der Waals surface area contributed by atoms with E-state index in [1.165, 1.54) is 12.1 Å². The Morgan fingerprint density at radius 3 is 2.68 bits per heavy atom. The number of benzene rings is 1. The van der Waals surface area contributed by atoms with Crippen molar-refractivity contribution in [3.8, 4) is 0 Å². The summed E-state index contributed by atoms with van der Waals surface area (Å²) < 4.78 is 14.8. The van der Waals surface area contributed by atoms with Crippen LogP contribution in [0.15, 0.2) is 30.6 Å².